The average molecular weight is 310 g/mol. The van der Waals surface area contributed by atoms with Crippen LogP contribution in [0, 0.1) is 0 Å². The smallest absolute Gasteiger partial charge is 0.165 e. The zero-order chi connectivity index (χ0) is 15.7. The number of imidazole rings is 1. The third kappa shape index (κ3) is 2.46. The van der Waals surface area contributed by atoms with Crippen molar-refractivity contribution in [3.63, 3.8) is 0 Å². The van der Waals surface area contributed by atoms with E-state index < -0.39 is 31.1 Å². The second-order valence-corrected chi connectivity index (χ2v) is 5.20. The van der Waals surface area contributed by atoms with E-state index in [1.165, 1.54) is 17.2 Å². The van der Waals surface area contributed by atoms with Gasteiger partial charge >= 0.3 is 0 Å². The van der Waals surface area contributed by atoms with Crippen molar-refractivity contribution < 1.29 is 25.2 Å². The number of hydrogen-bond donors (Lipinski definition) is 4. The molecule has 9 heteroatoms. The molecule has 120 valence electrons. The van der Waals surface area contributed by atoms with Crippen LogP contribution in [0.15, 0.2) is 12.7 Å². The quantitative estimate of drug-likeness (QED) is 0.517. The molecular formula is C13H18N4O5. The molecule has 1 saturated heterocycles. The predicted molar refractivity (Wildman–Crippen MR) is 73.7 cm³/mol. The highest BCUT2D eigenvalue weighted by molar-refractivity contribution is 5.73. The van der Waals surface area contributed by atoms with E-state index in [2.05, 4.69) is 15.0 Å². The van der Waals surface area contributed by atoms with Crippen molar-refractivity contribution >= 4 is 11.2 Å². The van der Waals surface area contributed by atoms with Crippen LogP contribution in [0.2, 0.25) is 0 Å². The lowest BCUT2D eigenvalue weighted by molar-refractivity contribution is -0.0511. The number of aliphatic hydroxyl groups excluding tert-OH is 4. The fourth-order valence-corrected chi connectivity index (χ4v) is 2.63. The van der Waals surface area contributed by atoms with E-state index in [0.717, 1.165) is 0 Å². The molecular weight excluding hydrogens is 292 g/mol. The van der Waals surface area contributed by atoms with Crippen LogP contribution in [0.25, 0.3) is 11.2 Å². The Morgan fingerprint density at radius 2 is 1.95 bits per heavy atom. The van der Waals surface area contributed by atoms with Crippen LogP contribution >= 0.6 is 0 Å². The highest BCUT2D eigenvalue weighted by Gasteiger charge is 2.43. The summed E-state index contributed by atoms with van der Waals surface area (Å²) in [6.07, 6.45) is -0.133. The number of nitrogens with zero attached hydrogens (tertiary/aromatic N) is 4. The number of aryl methyl sites for hydroxylation is 1. The van der Waals surface area contributed by atoms with Crippen molar-refractivity contribution in [2.75, 3.05) is 13.2 Å². The maximum Gasteiger partial charge on any atom is 0.165 e. The van der Waals surface area contributed by atoms with Crippen molar-refractivity contribution in [1.29, 1.82) is 0 Å². The molecule has 2 aromatic heterocycles. The third-order valence-corrected chi connectivity index (χ3v) is 3.80. The normalized spacial score (nSPS) is 28.5. The van der Waals surface area contributed by atoms with E-state index in [-0.39, 0.29) is 6.61 Å². The monoisotopic (exact) mass is 310 g/mol. The van der Waals surface area contributed by atoms with E-state index in [1.54, 1.807) is 0 Å². The van der Waals surface area contributed by atoms with Gasteiger partial charge in [0.05, 0.1) is 18.6 Å². The largest absolute Gasteiger partial charge is 0.396 e. The molecule has 0 amide bonds. The summed E-state index contributed by atoms with van der Waals surface area (Å²) in [6.45, 7) is -0.334. The zero-order valence-corrected chi connectivity index (χ0v) is 11.8. The first-order valence-electron chi connectivity index (χ1n) is 7.07. The molecule has 2 aromatic rings. The maximum atomic E-state index is 10.1. The van der Waals surface area contributed by atoms with Gasteiger partial charge in [-0.1, -0.05) is 0 Å². The summed E-state index contributed by atoms with van der Waals surface area (Å²) in [5.41, 5.74) is 1.73. The molecule has 4 atom stereocenters. The summed E-state index contributed by atoms with van der Waals surface area (Å²) in [4.78, 5) is 12.6. The molecule has 3 heterocycles. The predicted octanol–water partition coefficient (Wildman–Crippen LogP) is -1.64. The second-order valence-electron chi connectivity index (χ2n) is 5.20. The standard InChI is InChI=1S/C13H18N4O5/c18-3-1-2-7-9-12(15-5-14-7)17(6-16-9)13-11(21)10(20)8(4-19)22-13/h5-6,8,10-11,13,18-21H,1-4H2/t8-,10-,11-,13-/m1/s1. The van der Waals surface area contributed by atoms with Crippen molar-refractivity contribution in [1.82, 2.24) is 19.5 Å². The van der Waals surface area contributed by atoms with Crippen LogP contribution < -0.4 is 0 Å². The summed E-state index contributed by atoms with van der Waals surface area (Å²) in [7, 11) is 0. The summed E-state index contributed by atoms with van der Waals surface area (Å²) in [5, 5.41) is 38.0. The van der Waals surface area contributed by atoms with Gasteiger partial charge in [0, 0.05) is 6.61 Å². The van der Waals surface area contributed by atoms with Crippen molar-refractivity contribution in [3.8, 4) is 0 Å². The van der Waals surface area contributed by atoms with Crippen LogP contribution in [0.3, 0.4) is 0 Å². The molecule has 0 unspecified atom stereocenters. The molecule has 0 bridgehead atoms. The van der Waals surface area contributed by atoms with Gasteiger partial charge in [-0.15, -0.1) is 0 Å². The SMILES string of the molecule is OCCCc1ncnc2c1ncn2[C@@H]1O[C@H](CO)[C@@H](O)[C@H]1O. The Labute approximate surface area is 125 Å². The molecule has 0 aliphatic carbocycles. The third-order valence-electron chi connectivity index (χ3n) is 3.80. The zero-order valence-electron chi connectivity index (χ0n) is 11.8. The maximum absolute atomic E-state index is 10.1. The van der Waals surface area contributed by atoms with Crippen molar-refractivity contribution in [3.05, 3.63) is 18.3 Å². The molecule has 0 radical (unpaired) electrons. The van der Waals surface area contributed by atoms with E-state index >= 15 is 0 Å². The minimum Gasteiger partial charge on any atom is -0.396 e. The lowest BCUT2D eigenvalue weighted by Gasteiger charge is -2.16. The van der Waals surface area contributed by atoms with Crippen LogP contribution in [0.4, 0.5) is 0 Å². The topological polar surface area (TPSA) is 134 Å². The van der Waals surface area contributed by atoms with Gasteiger partial charge in [-0.2, -0.15) is 0 Å². The fourth-order valence-electron chi connectivity index (χ4n) is 2.63. The lowest BCUT2D eigenvalue weighted by atomic mass is 10.1. The first kappa shape index (κ1) is 15.3. The highest BCUT2D eigenvalue weighted by atomic mass is 16.6. The molecule has 1 aliphatic rings. The Kier molecular flexibility index (Phi) is 4.32. The van der Waals surface area contributed by atoms with E-state index in [9.17, 15) is 10.2 Å². The van der Waals surface area contributed by atoms with Crippen LogP contribution in [-0.2, 0) is 11.2 Å². The Balaban J connectivity index is 1.95. The Morgan fingerprint density at radius 1 is 1.14 bits per heavy atom. The summed E-state index contributed by atoms with van der Waals surface area (Å²) in [6, 6.07) is 0. The van der Waals surface area contributed by atoms with Gasteiger partial charge in [0.2, 0.25) is 0 Å². The first-order chi connectivity index (χ1) is 10.7. The molecule has 0 saturated carbocycles. The van der Waals surface area contributed by atoms with Gasteiger partial charge in [-0.25, -0.2) is 15.0 Å². The van der Waals surface area contributed by atoms with Gasteiger partial charge in [-0.3, -0.25) is 4.57 Å². The van der Waals surface area contributed by atoms with E-state index in [0.29, 0.717) is 29.7 Å². The highest BCUT2D eigenvalue weighted by Crippen LogP contribution is 2.31. The number of rotatable bonds is 5. The van der Waals surface area contributed by atoms with Gasteiger partial charge < -0.3 is 25.2 Å². The summed E-state index contributed by atoms with van der Waals surface area (Å²) >= 11 is 0. The molecule has 3 rings (SSSR count). The Morgan fingerprint density at radius 3 is 2.64 bits per heavy atom. The first-order valence-corrected chi connectivity index (χ1v) is 7.07. The molecule has 0 spiro atoms. The van der Waals surface area contributed by atoms with E-state index in [1.807, 2.05) is 0 Å². The van der Waals surface area contributed by atoms with Crippen molar-refractivity contribution in [2.45, 2.75) is 37.4 Å². The molecule has 0 aromatic carbocycles. The average Bonchev–Trinajstić information content (AvgIpc) is 3.08. The fraction of sp³-hybridized carbons (Fsp3) is 0.615. The minimum atomic E-state index is -1.19. The second kappa shape index (κ2) is 6.23. The number of aromatic nitrogens is 4. The van der Waals surface area contributed by atoms with Gasteiger partial charge in [0.15, 0.2) is 11.9 Å². The number of aliphatic hydroxyl groups is 4. The van der Waals surface area contributed by atoms with Gasteiger partial charge in [0.1, 0.15) is 30.2 Å². The van der Waals surface area contributed by atoms with Crippen molar-refractivity contribution in [2.24, 2.45) is 0 Å². The Hall–Kier alpha value is -1.65. The molecule has 4 N–H and O–H groups in total. The molecule has 22 heavy (non-hydrogen) atoms. The molecule has 9 nitrogen and oxygen atoms in total. The Bertz CT molecular complexity index is 648. The molecule has 1 aliphatic heterocycles. The molecule has 1 fully saturated rings. The number of fused-ring (bicyclic) bond motifs is 1. The summed E-state index contributed by atoms with van der Waals surface area (Å²) < 4.78 is 7.00. The van der Waals surface area contributed by atoms with Crippen LogP contribution in [-0.4, -0.2) is 71.5 Å². The van der Waals surface area contributed by atoms with Crippen LogP contribution in [0.5, 0.6) is 0 Å². The van der Waals surface area contributed by atoms with Gasteiger partial charge in [0.25, 0.3) is 0 Å². The minimum absolute atomic E-state index is 0.0566. The van der Waals surface area contributed by atoms with Crippen LogP contribution in [0.1, 0.15) is 18.3 Å². The van der Waals surface area contributed by atoms with Gasteiger partial charge in [-0.05, 0) is 12.8 Å². The lowest BCUT2D eigenvalue weighted by Crippen LogP contribution is -2.33. The summed E-state index contributed by atoms with van der Waals surface area (Å²) in [5.74, 6) is 0. The van der Waals surface area contributed by atoms with E-state index in [4.69, 9.17) is 14.9 Å². The number of hydrogen-bond acceptors (Lipinski definition) is 8. The number of ether oxygens (including phenoxy) is 1.